The molecule has 0 saturated carbocycles. The highest BCUT2D eigenvalue weighted by atomic mass is 31.2. The first-order valence-electron chi connectivity index (χ1n) is 31.3. The summed E-state index contributed by atoms with van der Waals surface area (Å²) < 4.78 is 30.7. The van der Waals surface area contributed by atoms with E-state index in [-0.39, 0.29) is 31.5 Å². The summed E-state index contributed by atoms with van der Waals surface area (Å²) in [6.45, 7) is 7.01. The maximum absolute atomic E-state index is 13.5. The Morgan fingerprint density at radius 1 is 0.479 bits per heavy atom. The van der Waals surface area contributed by atoms with Gasteiger partial charge in [-0.15, -0.1) is 0 Å². The highest BCUT2D eigenvalue weighted by Gasteiger charge is 2.30. The second-order valence-electron chi connectivity index (χ2n) is 22.6. The van der Waals surface area contributed by atoms with E-state index in [1.165, 1.54) is 193 Å². The van der Waals surface area contributed by atoms with Crippen LogP contribution in [0.1, 0.15) is 303 Å². The van der Waals surface area contributed by atoms with Crippen LogP contribution in [0.15, 0.2) is 36.5 Å². The number of ether oxygens (including phenoxy) is 1. The summed E-state index contributed by atoms with van der Waals surface area (Å²) in [5.74, 6) is -0.505. The highest BCUT2D eigenvalue weighted by molar-refractivity contribution is 7.47. The Morgan fingerprint density at radius 2 is 0.822 bits per heavy atom. The molecule has 430 valence electrons. The average Bonchev–Trinajstić information content (AvgIpc) is 3.35. The number of esters is 1. The molecule has 0 aliphatic heterocycles. The number of carbonyl (C=O) groups excluding carboxylic acids is 2. The minimum absolute atomic E-state index is 0.0406. The van der Waals surface area contributed by atoms with Crippen molar-refractivity contribution < 1.29 is 37.3 Å². The molecule has 0 aromatic rings. The fourth-order valence-corrected chi connectivity index (χ4v) is 9.96. The number of nitrogens with zero attached hydrogens (tertiary/aromatic N) is 1. The van der Waals surface area contributed by atoms with Crippen LogP contribution in [0.3, 0.4) is 0 Å². The first-order chi connectivity index (χ1) is 35.4. The van der Waals surface area contributed by atoms with E-state index < -0.39 is 20.0 Å². The van der Waals surface area contributed by atoms with Crippen LogP contribution in [0.4, 0.5) is 0 Å². The molecule has 0 rings (SSSR count). The van der Waals surface area contributed by atoms with Crippen LogP contribution in [0.5, 0.6) is 0 Å². The predicted molar refractivity (Wildman–Crippen MR) is 314 cm³/mol. The zero-order valence-corrected chi connectivity index (χ0v) is 50.0. The van der Waals surface area contributed by atoms with Gasteiger partial charge in [0.2, 0.25) is 5.91 Å². The van der Waals surface area contributed by atoms with E-state index in [1.807, 2.05) is 33.3 Å². The summed E-state index contributed by atoms with van der Waals surface area (Å²) in [5.41, 5.74) is 0. The van der Waals surface area contributed by atoms with E-state index in [0.29, 0.717) is 17.4 Å². The number of hydrogen-bond donors (Lipinski definition) is 2. The quantitative estimate of drug-likeness (QED) is 0.0156. The average molecular weight is 1050 g/mol. The molecular formula is C63H122N2O7P+. The van der Waals surface area contributed by atoms with Crippen LogP contribution in [-0.2, 0) is 27.9 Å². The van der Waals surface area contributed by atoms with Crippen molar-refractivity contribution in [3.63, 3.8) is 0 Å². The molecular weight excluding hydrogens is 928 g/mol. The Labute approximate surface area is 453 Å². The van der Waals surface area contributed by atoms with Crippen LogP contribution >= 0.6 is 7.82 Å². The number of phosphoric ester groups is 1. The number of allylic oxidation sites excluding steroid dienone is 5. The fourth-order valence-electron chi connectivity index (χ4n) is 9.23. The normalized spacial score (nSPS) is 13.9. The summed E-state index contributed by atoms with van der Waals surface area (Å²) in [6.07, 6.45) is 64.2. The number of unbranched alkanes of at least 4 members (excludes halogenated alkanes) is 38. The molecule has 0 aliphatic rings. The van der Waals surface area contributed by atoms with E-state index >= 15 is 0 Å². The van der Waals surface area contributed by atoms with E-state index in [1.54, 1.807) is 0 Å². The molecule has 9 nitrogen and oxygen atoms in total. The van der Waals surface area contributed by atoms with Crippen molar-refractivity contribution >= 4 is 19.7 Å². The Morgan fingerprint density at radius 3 is 1.23 bits per heavy atom. The number of quaternary nitrogens is 1. The second kappa shape index (κ2) is 53.6. The van der Waals surface area contributed by atoms with Crippen LogP contribution in [0.2, 0.25) is 0 Å². The Kier molecular flexibility index (Phi) is 52.3. The van der Waals surface area contributed by atoms with Crippen molar-refractivity contribution in [1.29, 1.82) is 0 Å². The molecule has 0 radical (unpaired) electrons. The minimum Gasteiger partial charge on any atom is -0.456 e. The number of phosphoric acid groups is 1. The molecule has 10 heteroatoms. The Hall–Kier alpha value is -1.77. The number of rotatable bonds is 57. The Bertz CT molecular complexity index is 1350. The van der Waals surface area contributed by atoms with Gasteiger partial charge in [0.15, 0.2) is 0 Å². The van der Waals surface area contributed by atoms with Crippen LogP contribution in [0, 0.1) is 0 Å². The van der Waals surface area contributed by atoms with Gasteiger partial charge in [-0.25, -0.2) is 4.57 Å². The van der Waals surface area contributed by atoms with E-state index in [4.69, 9.17) is 13.8 Å². The largest absolute Gasteiger partial charge is 0.472 e. The Balaban J connectivity index is 5.26. The molecule has 0 heterocycles. The monoisotopic (exact) mass is 1050 g/mol. The molecule has 3 atom stereocenters. The standard InChI is InChI=1S/C63H121N2O7P/c1-7-10-13-16-19-22-25-28-30-31-32-33-35-37-40-43-46-49-52-55-62(66)64-60(59-71-73(68,69)70-58-57-65(4,5)6)61(54-51-48-45-42-39-36-27-24-21-18-15-12-9-3)72-63(67)56-53-50-47-44-41-38-34-29-26-23-20-17-14-11-8-2/h20,23,26,29,51,54,60-61H,7-19,21-22,24-25,27-28,30-50,52-53,55-59H2,1-6H3,(H-,64,66,68,69)/p+1/b23-20+,29-26+,54-51+. The third-order valence-corrected chi connectivity index (χ3v) is 15.1. The maximum Gasteiger partial charge on any atom is 0.472 e. The third kappa shape index (κ3) is 54.8. The molecule has 0 aliphatic carbocycles. The van der Waals surface area contributed by atoms with Gasteiger partial charge < -0.3 is 19.4 Å². The van der Waals surface area contributed by atoms with Gasteiger partial charge in [-0.1, -0.05) is 269 Å². The molecule has 73 heavy (non-hydrogen) atoms. The molecule has 3 unspecified atom stereocenters. The fraction of sp³-hybridized carbons (Fsp3) is 0.873. The number of likely N-dealkylation sites (N-methyl/N-ethyl adjacent to an activating group) is 1. The lowest BCUT2D eigenvalue weighted by molar-refractivity contribution is -0.870. The summed E-state index contributed by atoms with van der Waals surface area (Å²) in [4.78, 5) is 37.7. The highest BCUT2D eigenvalue weighted by Crippen LogP contribution is 2.43. The number of nitrogens with one attached hydrogen (secondary N) is 1. The van der Waals surface area contributed by atoms with E-state index in [9.17, 15) is 19.0 Å². The molecule has 0 saturated heterocycles. The van der Waals surface area contributed by atoms with Crippen molar-refractivity contribution in [3.05, 3.63) is 36.5 Å². The lowest BCUT2D eigenvalue weighted by Gasteiger charge is -2.27. The van der Waals surface area contributed by atoms with Gasteiger partial charge >= 0.3 is 13.8 Å². The SMILES string of the molecule is CCCCC/C=C/C=C/CCCCCCCCC(=O)OC(/C=C/CCCCCCCCCCCCC)C(COP(=O)(O)OCC[N+](C)(C)C)NC(=O)CCCCCCCCCCCCCCCCCCCCC. The second-order valence-corrected chi connectivity index (χ2v) is 24.1. The van der Waals surface area contributed by atoms with Crippen molar-refractivity contribution in [3.8, 4) is 0 Å². The van der Waals surface area contributed by atoms with Gasteiger partial charge in [0.05, 0.1) is 33.8 Å². The van der Waals surface area contributed by atoms with Crippen LogP contribution < -0.4 is 5.32 Å². The van der Waals surface area contributed by atoms with Gasteiger partial charge in [0.1, 0.15) is 19.3 Å². The van der Waals surface area contributed by atoms with Gasteiger partial charge in [0, 0.05) is 12.8 Å². The topological polar surface area (TPSA) is 111 Å². The molecule has 0 spiro atoms. The van der Waals surface area contributed by atoms with Crippen LogP contribution in [0.25, 0.3) is 0 Å². The third-order valence-electron chi connectivity index (χ3n) is 14.1. The number of hydrogen-bond acceptors (Lipinski definition) is 6. The predicted octanol–water partition coefficient (Wildman–Crippen LogP) is 19.1. The van der Waals surface area contributed by atoms with Crippen molar-refractivity contribution in [2.45, 2.75) is 315 Å². The van der Waals surface area contributed by atoms with Gasteiger partial charge in [0.25, 0.3) is 0 Å². The molecule has 2 N–H and O–H groups in total. The first-order valence-corrected chi connectivity index (χ1v) is 32.8. The molecule has 0 aromatic heterocycles. The molecule has 0 fully saturated rings. The van der Waals surface area contributed by atoms with Gasteiger partial charge in [-0.05, 0) is 57.4 Å². The van der Waals surface area contributed by atoms with E-state index in [2.05, 4.69) is 50.4 Å². The lowest BCUT2D eigenvalue weighted by Crippen LogP contribution is -2.47. The zero-order chi connectivity index (χ0) is 53.6. The van der Waals surface area contributed by atoms with Crippen molar-refractivity contribution in [1.82, 2.24) is 5.32 Å². The lowest BCUT2D eigenvalue weighted by atomic mass is 10.0. The maximum atomic E-state index is 13.5. The summed E-state index contributed by atoms with van der Waals surface area (Å²) in [6, 6.07) is -0.849. The van der Waals surface area contributed by atoms with Crippen molar-refractivity contribution in [2.75, 3.05) is 40.9 Å². The zero-order valence-electron chi connectivity index (χ0n) is 49.1. The summed E-state index contributed by atoms with van der Waals surface area (Å²) in [5, 5.41) is 3.06. The molecule has 0 bridgehead atoms. The van der Waals surface area contributed by atoms with Gasteiger partial charge in [-0.2, -0.15) is 0 Å². The molecule has 1 amide bonds. The van der Waals surface area contributed by atoms with Crippen LogP contribution in [-0.4, -0.2) is 74.3 Å². The van der Waals surface area contributed by atoms with Crippen molar-refractivity contribution in [2.24, 2.45) is 0 Å². The minimum atomic E-state index is -4.45. The summed E-state index contributed by atoms with van der Waals surface area (Å²) in [7, 11) is 1.50. The van der Waals surface area contributed by atoms with Gasteiger partial charge in [-0.3, -0.25) is 18.6 Å². The smallest absolute Gasteiger partial charge is 0.456 e. The summed E-state index contributed by atoms with van der Waals surface area (Å²) >= 11 is 0. The molecule has 0 aromatic carbocycles. The number of carbonyl (C=O) groups is 2. The first kappa shape index (κ1) is 71.2. The van der Waals surface area contributed by atoms with E-state index in [0.717, 1.165) is 77.0 Å². The number of amides is 1.